The highest BCUT2D eigenvalue weighted by Gasteiger charge is 2.26. The van der Waals surface area contributed by atoms with Gasteiger partial charge in [-0.3, -0.25) is 4.79 Å². The number of alkyl carbamates (subject to hydrolysis) is 1. The lowest BCUT2D eigenvalue weighted by atomic mass is 10.2. The van der Waals surface area contributed by atoms with Crippen LogP contribution < -0.4 is 10.6 Å². The van der Waals surface area contributed by atoms with Gasteiger partial charge in [-0.25, -0.2) is 14.6 Å². The number of likely N-dealkylation sites (N-methyl/N-ethyl adjacent to an activating group) is 1. The van der Waals surface area contributed by atoms with Crippen LogP contribution in [0.15, 0.2) is 10.7 Å². The monoisotopic (exact) mass is 327 g/mol. The van der Waals surface area contributed by atoms with Crippen molar-refractivity contribution >= 4 is 18.0 Å². The topological polar surface area (TPSA) is 120 Å². The fraction of sp³-hybridized carbons (Fsp3) is 0.571. The van der Waals surface area contributed by atoms with E-state index in [-0.39, 0.29) is 18.0 Å². The molecule has 23 heavy (non-hydrogen) atoms. The lowest BCUT2D eigenvalue weighted by molar-refractivity contribution is -0.122. The lowest BCUT2D eigenvalue weighted by Gasteiger charge is -2.22. The Hall–Kier alpha value is -2.58. The maximum atomic E-state index is 11.9. The van der Waals surface area contributed by atoms with Crippen LogP contribution in [0.1, 0.15) is 37.2 Å². The first-order chi connectivity index (χ1) is 10.7. The number of nitrogens with zero attached hydrogens (tertiary/aromatic N) is 1. The van der Waals surface area contributed by atoms with Crippen LogP contribution in [0.25, 0.3) is 0 Å². The van der Waals surface area contributed by atoms with Crippen molar-refractivity contribution in [1.29, 1.82) is 0 Å². The number of ether oxygens (including phenoxy) is 2. The average molecular weight is 327 g/mol. The molecule has 0 radical (unpaired) electrons. The standard InChI is InChI=1S/C14H21N3O6/c1-14(2,3)23-13(20)17-8(11(18)15-4)6-10-16-9(7-22-10)12(19)21-5/h7-8H,6H2,1-5H3,(H,15,18)(H,17,20)/t8-/m1/s1. The van der Waals surface area contributed by atoms with E-state index in [9.17, 15) is 14.4 Å². The molecular formula is C14H21N3O6. The zero-order chi connectivity index (χ0) is 17.6. The summed E-state index contributed by atoms with van der Waals surface area (Å²) in [4.78, 5) is 38.9. The first kappa shape index (κ1) is 18.5. The van der Waals surface area contributed by atoms with Crippen molar-refractivity contribution in [2.24, 2.45) is 0 Å². The third-order valence-electron chi connectivity index (χ3n) is 2.58. The Morgan fingerprint density at radius 2 is 2.00 bits per heavy atom. The van der Waals surface area contributed by atoms with Gasteiger partial charge in [-0.2, -0.15) is 0 Å². The Morgan fingerprint density at radius 1 is 1.35 bits per heavy atom. The molecule has 1 aromatic rings. The van der Waals surface area contributed by atoms with E-state index < -0.39 is 29.6 Å². The molecule has 2 N–H and O–H groups in total. The molecule has 1 rings (SSSR count). The number of hydrogen-bond donors (Lipinski definition) is 2. The summed E-state index contributed by atoms with van der Waals surface area (Å²) in [6, 6.07) is -0.959. The van der Waals surface area contributed by atoms with Gasteiger partial charge in [0.2, 0.25) is 5.91 Å². The third kappa shape index (κ3) is 5.97. The average Bonchev–Trinajstić information content (AvgIpc) is 2.91. The normalized spacial score (nSPS) is 12.2. The first-order valence-corrected chi connectivity index (χ1v) is 6.90. The van der Waals surface area contributed by atoms with Gasteiger partial charge in [-0.05, 0) is 20.8 Å². The Balaban J connectivity index is 2.79. The predicted molar refractivity (Wildman–Crippen MR) is 78.8 cm³/mol. The van der Waals surface area contributed by atoms with Gasteiger partial charge >= 0.3 is 12.1 Å². The molecule has 0 saturated carbocycles. The molecule has 0 aliphatic heterocycles. The van der Waals surface area contributed by atoms with Crippen LogP contribution in [0.2, 0.25) is 0 Å². The highest BCUT2D eigenvalue weighted by molar-refractivity contribution is 5.87. The van der Waals surface area contributed by atoms with Crippen molar-refractivity contribution < 1.29 is 28.3 Å². The van der Waals surface area contributed by atoms with E-state index in [1.807, 2.05) is 0 Å². The van der Waals surface area contributed by atoms with E-state index >= 15 is 0 Å². The van der Waals surface area contributed by atoms with Crippen LogP contribution in [0.5, 0.6) is 0 Å². The minimum atomic E-state index is -0.959. The van der Waals surface area contributed by atoms with Crippen molar-refractivity contribution in [1.82, 2.24) is 15.6 Å². The van der Waals surface area contributed by atoms with Gasteiger partial charge in [0.05, 0.1) is 13.5 Å². The number of nitrogens with one attached hydrogen (secondary N) is 2. The zero-order valence-corrected chi connectivity index (χ0v) is 13.8. The largest absolute Gasteiger partial charge is 0.464 e. The molecule has 0 saturated heterocycles. The van der Waals surface area contributed by atoms with Crippen LogP contribution in [0.4, 0.5) is 4.79 Å². The van der Waals surface area contributed by atoms with Crippen molar-refractivity contribution in [2.75, 3.05) is 14.2 Å². The van der Waals surface area contributed by atoms with E-state index in [1.165, 1.54) is 14.2 Å². The third-order valence-corrected chi connectivity index (χ3v) is 2.58. The summed E-state index contributed by atoms with van der Waals surface area (Å²) in [5, 5.41) is 4.86. The molecule has 2 amide bonds. The first-order valence-electron chi connectivity index (χ1n) is 6.90. The number of carbonyl (C=O) groups is 3. The summed E-state index contributed by atoms with van der Waals surface area (Å²) in [5.74, 6) is -1.000. The molecule has 128 valence electrons. The number of carbonyl (C=O) groups excluding carboxylic acids is 3. The van der Waals surface area contributed by atoms with E-state index in [0.29, 0.717) is 0 Å². The minimum Gasteiger partial charge on any atom is -0.464 e. The summed E-state index contributed by atoms with van der Waals surface area (Å²) >= 11 is 0. The number of rotatable bonds is 5. The highest BCUT2D eigenvalue weighted by Crippen LogP contribution is 2.09. The Kier molecular flexibility index (Phi) is 6.11. The Bertz CT molecular complexity index is 575. The van der Waals surface area contributed by atoms with E-state index in [1.54, 1.807) is 20.8 Å². The lowest BCUT2D eigenvalue weighted by Crippen LogP contribution is -2.48. The summed E-state index contributed by atoms with van der Waals surface area (Å²) < 4.78 is 14.7. The minimum absolute atomic E-state index is 0.0181. The molecule has 9 nitrogen and oxygen atoms in total. The van der Waals surface area contributed by atoms with E-state index in [4.69, 9.17) is 9.15 Å². The maximum absolute atomic E-state index is 11.9. The fourth-order valence-corrected chi connectivity index (χ4v) is 1.61. The Labute approximate surface area is 133 Å². The molecule has 0 aromatic carbocycles. The summed E-state index contributed by atoms with van der Waals surface area (Å²) in [5.41, 5.74) is -0.714. The number of oxazole rings is 1. The molecule has 1 heterocycles. The van der Waals surface area contributed by atoms with Crippen LogP contribution >= 0.6 is 0 Å². The van der Waals surface area contributed by atoms with E-state index in [0.717, 1.165) is 6.26 Å². The Morgan fingerprint density at radius 3 is 2.52 bits per heavy atom. The second kappa shape index (κ2) is 7.61. The molecule has 1 atom stereocenters. The van der Waals surface area contributed by atoms with Gasteiger partial charge < -0.3 is 24.5 Å². The van der Waals surface area contributed by atoms with Crippen LogP contribution in [-0.2, 0) is 20.7 Å². The van der Waals surface area contributed by atoms with Crippen molar-refractivity contribution in [2.45, 2.75) is 38.8 Å². The van der Waals surface area contributed by atoms with Gasteiger partial charge in [0.15, 0.2) is 11.6 Å². The molecular weight excluding hydrogens is 306 g/mol. The molecule has 0 aliphatic rings. The predicted octanol–water partition coefficient (Wildman–Crippen LogP) is 0.643. The second-order valence-corrected chi connectivity index (χ2v) is 5.64. The molecule has 0 bridgehead atoms. The van der Waals surface area contributed by atoms with Crippen molar-refractivity contribution in [3.63, 3.8) is 0 Å². The number of amides is 2. The molecule has 1 aromatic heterocycles. The number of methoxy groups -OCH3 is 1. The number of esters is 1. The van der Waals surface area contributed by atoms with Gasteiger partial charge in [-0.1, -0.05) is 0 Å². The maximum Gasteiger partial charge on any atom is 0.408 e. The van der Waals surface area contributed by atoms with Crippen LogP contribution in [-0.4, -0.2) is 48.8 Å². The van der Waals surface area contributed by atoms with Gasteiger partial charge in [0.1, 0.15) is 17.9 Å². The van der Waals surface area contributed by atoms with Gasteiger partial charge in [0, 0.05) is 7.05 Å². The van der Waals surface area contributed by atoms with Crippen molar-refractivity contribution in [3.8, 4) is 0 Å². The fourth-order valence-electron chi connectivity index (χ4n) is 1.61. The number of aromatic nitrogens is 1. The molecule has 0 spiro atoms. The van der Waals surface area contributed by atoms with Crippen molar-refractivity contribution in [3.05, 3.63) is 17.8 Å². The number of hydrogen-bond acceptors (Lipinski definition) is 7. The van der Waals surface area contributed by atoms with E-state index in [2.05, 4.69) is 20.4 Å². The summed E-state index contributed by atoms with van der Waals surface area (Å²) in [6.07, 6.45) is 0.330. The molecule has 9 heteroatoms. The smallest absolute Gasteiger partial charge is 0.408 e. The quantitative estimate of drug-likeness (QED) is 0.762. The summed E-state index contributed by atoms with van der Waals surface area (Å²) in [7, 11) is 2.65. The molecule has 0 unspecified atom stereocenters. The van der Waals surface area contributed by atoms with Crippen LogP contribution in [0.3, 0.4) is 0 Å². The summed E-state index contributed by atoms with van der Waals surface area (Å²) in [6.45, 7) is 5.12. The highest BCUT2D eigenvalue weighted by atomic mass is 16.6. The van der Waals surface area contributed by atoms with Gasteiger partial charge in [-0.15, -0.1) is 0 Å². The molecule has 0 fully saturated rings. The van der Waals surface area contributed by atoms with Crippen LogP contribution in [0, 0.1) is 0 Å². The second-order valence-electron chi connectivity index (χ2n) is 5.64. The van der Waals surface area contributed by atoms with Gasteiger partial charge in [0.25, 0.3) is 0 Å². The zero-order valence-electron chi connectivity index (χ0n) is 13.8. The SMILES string of the molecule is CNC(=O)[C@@H](Cc1nc(C(=O)OC)co1)NC(=O)OC(C)(C)C. The molecule has 0 aliphatic carbocycles.